The lowest BCUT2D eigenvalue weighted by Gasteiger charge is -2.36. The second kappa shape index (κ2) is 7.92. The summed E-state index contributed by atoms with van der Waals surface area (Å²) in [4.78, 5) is 0. The molecule has 0 amide bonds. The molecule has 0 heterocycles. The Morgan fingerprint density at radius 1 is 1.29 bits per heavy atom. The zero-order chi connectivity index (χ0) is 12.7. The van der Waals surface area contributed by atoms with Gasteiger partial charge in [-0.2, -0.15) is 0 Å². The van der Waals surface area contributed by atoms with Gasteiger partial charge in [-0.15, -0.1) is 6.58 Å². The van der Waals surface area contributed by atoms with Crippen molar-refractivity contribution >= 4 is 0 Å². The summed E-state index contributed by atoms with van der Waals surface area (Å²) in [5, 5.41) is 3.62. The van der Waals surface area contributed by atoms with Crippen LogP contribution in [0.25, 0.3) is 0 Å². The minimum absolute atomic E-state index is 0.618. The molecule has 0 radical (unpaired) electrons. The van der Waals surface area contributed by atoms with Crippen molar-refractivity contribution in [1.29, 1.82) is 0 Å². The van der Waals surface area contributed by atoms with Crippen molar-refractivity contribution in [3.05, 3.63) is 12.7 Å². The zero-order valence-corrected chi connectivity index (χ0v) is 12.0. The van der Waals surface area contributed by atoms with Gasteiger partial charge >= 0.3 is 0 Å². The molecule has 1 N–H and O–H groups in total. The first-order chi connectivity index (χ1) is 8.17. The third kappa shape index (κ3) is 5.25. The standard InChI is InChI=1S/C16H31N/c1-5-7-14-9-10-16(12-17-13(3)4)15(11-14)8-6-2/h6,13-17H,2,5,7-12H2,1,3-4H3. The molecule has 3 atom stereocenters. The highest BCUT2D eigenvalue weighted by Gasteiger charge is 2.28. The topological polar surface area (TPSA) is 12.0 Å². The predicted octanol–water partition coefficient (Wildman–Crippen LogP) is 4.39. The third-order valence-electron chi connectivity index (χ3n) is 4.20. The monoisotopic (exact) mass is 237 g/mol. The van der Waals surface area contributed by atoms with E-state index < -0.39 is 0 Å². The van der Waals surface area contributed by atoms with Gasteiger partial charge in [-0.05, 0) is 43.6 Å². The van der Waals surface area contributed by atoms with Gasteiger partial charge < -0.3 is 5.32 Å². The Balaban J connectivity index is 2.43. The van der Waals surface area contributed by atoms with Gasteiger partial charge in [0.15, 0.2) is 0 Å². The van der Waals surface area contributed by atoms with E-state index in [0.29, 0.717) is 6.04 Å². The summed E-state index contributed by atoms with van der Waals surface area (Å²) in [7, 11) is 0. The molecule has 100 valence electrons. The number of rotatable bonds is 7. The maximum absolute atomic E-state index is 3.94. The Bertz CT molecular complexity index is 210. The summed E-state index contributed by atoms with van der Waals surface area (Å²) in [6.45, 7) is 11.9. The third-order valence-corrected chi connectivity index (χ3v) is 4.20. The number of hydrogen-bond donors (Lipinski definition) is 1. The van der Waals surface area contributed by atoms with E-state index in [9.17, 15) is 0 Å². The van der Waals surface area contributed by atoms with E-state index in [1.165, 1.54) is 45.1 Å². The molecular formula is C16H31N. The first-order valence-corrected chi connectivity index (χ1v) is 7.51. The zero-order valence-electron chi connectivity index (χ0n) is 12.0. The Hall–Kier alpha value is -0.300. The van der Waals surface area contributed by atoms with Crippen molar-refractivity contribution in [2.24, 2.45) is 17.8 Å². The Morgan fingerprint density at radius 3 is 2.65 bits per heavy atom. The SMILES string of the molecule is C=CCC1CC(CCC)CCC1CNC(C)C. The lowest BCUT2D eigenvalue weighted by Crippen LogP contribution is -2.35. The van der Waals surface area contributed by atoms with E-state index >= 15 is 0 Å². The van der Waals surface area contributed by atoms with Crippen LogP contribution in [0.4, 0.5) is 0 Å². The Morgan fingerprint density at radius 2 is 2.06 bits per heavy atom. The molecule has 1 aliphatic carbocycles. The van der Waals surface area contributed by atoms with E-state index in [1.807, 2.05) is 0 Å². The molecule has 0 bridgehead atoms. The van der Waals surface area contributed by atoms with E-state index in [1.54, 1.807) is 0 Å². The van der Waals surface area contributed by atoms with Gasteiger partial charge in [-0.25, -0.2) is 0 Å². The van der Waals surface area contributed by atoms with Gasteiger partial charge in [-0.3, -0.25) is 0 Å². The van der Waals surface area contributed by atoms with Crippen LogP contribution in [0.3, 0.4) is 0 Å². The maximum atomic E-state index is 3.94. The number of nitrogens with one attached hydrogen (secondary N) is 1. The second-order valence-corrected chi connectivity index (χ2v) is 6.08. The summed E-state index contributed by atoms with van der Waals surface area (Å²) in [5.74, 6) is 2.74. The van der Waals surface area contributed by atoms with Crippen LogP contribution in [-0.2, 0) is 0 Å². The Kier molecular flexibility index (Phi) is 6.87. The summed E-state index contributed by atoms with van der Waals surface area (Å²) >= 11 is 0. The van der Waals surface area contributed by atoms with E-state index in [-0.39, 0.29) is 0 Å². The predicted molar refractivity (Wildman–Crippen MR) is 77.2 cm³/mol. The van der Waals surface area contributed by atoms with Crippen LogP contribution in [0.1, 0.15) is 59.3 Å². The van der Waals surface area contributed by atoms with Crippen LogP contribution in [0.5, 0.6) is 0 Å². The van der Waals surface area contributed by atoms with Crippen molar-refractivity contribution < 1.29 is 0 Å². The molecule has 17 heavy (non-hydrogen) atoms. The molecule has 1 nitrogen and oxygen atoms in total. The van der Waals surface area contributed by atoms with Crippen molar-refractivity contribution in [3.8, 4) is 0 Å². The second-order valence-electron chi connectivity index (χ2n) is 6.08. The average molecular weight is 237 g/mol. The van der Waals surface area contributed by atoms with Gasteiger partial charge in [0.25, 0.3) is 0 Å². The highest BCUT2D eigenvalue weighted by molar-refractivity contribution is 4.86. The summed E-state index contributed by atoms with van der Waals surface area (Å²) in [6, 6.07) is 0.618. The van der Waals surface area contributed by atoms with Crippen LogP contribution in [0.15, 0.2) is 12.7 Å². The molecule has 1 aliphatic rings. The highest BCUT2D eigenvalue weighted by Crippen LogP contribution is 2.37. The molecule has 0 aromatic heterocycles. The fraction of sp³-hybridized carbons (Fsp3) is 0.875. The normalized spacial score (nSPS) is 29.5. The van der Waals surface area contributed by atoms with Gasteiger partial charge in [0.05, 0.1) is 0 Å². The largest absolute Gasteiger partial charge is 0.314 e. The van der Waals surface area contributed by atoms with E-state index in [4.69, 9.17) is 0 Å². The molecule has 1 fully saturated rings. The molecule has 1 saturated carbocycles. The number of allylic oxidation sites excluding steroid dienone is 1. The molecule has 0 saturated heterocycles. The lowest BCUT2D eigenvalue weighted by molar-refractivity contribution is 0.167. The molecule has 0 aliphatic heterocycles. The minimum Gasteiger partial charge on any atom is -0.314 e. The van der Waals surface area contributed by atoms with Crippen LogP contribution >= 0.6 is 0 Å². The van der Waals surface area contributed by atoms with Crippen molar-refractivity contribution in [1.82, 2.24) is 5.32 Å². The quantitative estimate of drug-likeness (QED) is 0.647. The highest BCUT2D eigenvalue weighted by atomic mass is 14.9. The fourth-order valence-corrected chi connectivity index (χ4v) is 3.25. The first kappa shape index (κ1) is 14.8. The molecule has 0 aromatic rings. The lowest BCUT2D eigenvalue weighted by atomic mass is 9.71. The smallest absolute Gasteiger partial charge is 0.00104 e. The van der Waals surface area contributed by atoms with Gasteiger partial charge in [0.1, 0.15) is 0 Å². The maximum Gasteiger partial charge on any atom is 0.00104 e. The van der Waals surface area contributed by atoms with Gasteiger partial charge in [0, 0.05) is 6.04 Å². The molecular weight excluding hydrogens is 206 g/mol. The summed E-state index contributed by atoms with van der Waals surface area (Å²) in [6.07, 6.45) is 10.4. The van der Waals surface area contributed by atoms with Gasteiger partial charge in [0.2, 0.25) is 0 Å². The van der Waals surface area contributed by atoms with Crippen molar-refractivity contribution in [2.45, 2.75) is 65.3 Å². The number of hydrogen-bond acceptors (Lipinski definition) is 1. The molecule has 0 spiro atoms. The molecule has 1 rings (SSSR count). The minimum atomic E-state index is 0.618. The molecule has 0 aromatic carbocycles. The van der Waals surface area contributed by atoms with Crippen LogP contribution < -0.4 is 5.32 Å². The molecule has 3 unspecified atom stereocenters. The average Bonchev–Trinajstić information content (AvgIpc) is 2.28. The first-order valence-electron chi connectivity index (χ1n) is 7.51. The van der Waals surface area contributed by atoms with E-state index in [0.717, 1.165) is 17.8 Å². The van der Waals surface area contributed by atoms with Crippen molar-refractivity contribution in [3.63, 3.8) is 0 Å². The fourth-order valence-electron chi connectivity index (χ4n) is 3.25. The molecule has 1 heteroatoms. The van der Waals surface area contributed by atoms with Crippen LogP contribution in [0, 0.1) is 17.8 Å². The summed E-state index contributed by atoms with van der Waals surface area (Å²) < 4.78 is 0. The van der Waals surface area contributed by atoms with E-state index in [2.05, 4.69) is 38.7 Å². The summed E-state index contributed by atoms with van der Waals surface area (Å²) in [5.41, 5.74) is 0. The van der Waals surface area contributed by atoms with Gasteiger partial charge in [-0.1, -0.05) is 46.1 Å². The Labute approximate surface area is 108 Å². The van der Waals surface area contributed by atoms with Crippen LogP contribution in [-0.4, -0.2) is 12.6 Å². The van der Waals surface area contributed by atoms with Crippen LogP contribution in [0.2, 0.25) is 0 Å². The van der Waals surface area contributed by atoms with Crippen molar-refractivity contribution in [2.75, 3.05) is 6.54 Å².